The van der Waals surface area contributed by atoms with Crippen LogP contribution in [0.5, 0.6) is 17.2 Å². The Labute approximate surface area is 180 Å². The van der Waals surface area contributed by atoms with Crippen LogP contribution in [-0.4, -0.2) is 78.1 Å². The van der Waals surface area contributed by atoms with Crippen molar-refractivity contribution in [2.45, 2.75) is 0 Å². The summed E-state index contributed by atoms with van der Waals surface area (Å²) in [6.45, 7) is 2.46. The summed E-state index contributed by atoms with van der Waals surface area (Å²) in [5.74, 6) is 2.78. The number of rotatable bonds is 6. The predicted octanol–water partition coefficient (Wildman–Crippen LogP) is 1.65. The quantitative estimate of drug-likeness (QED) is 0.590. The van der Waals surface area contributed by atoms with E-state index in [1.165, 1.54) is 21.3 Å². The maximum Gasteiger partial charge on any atom is 0.254 e. The van der Waals surface area contributed by atoms with E-state index in [2.05, 4.69) is 20.1 Å². The largest absolute Gasteiger partial charge is 0.493 e. The second kappa shape index (κ2) is 8.90. The van der Waals surface area contributed by atoms with Gasteiger partial charge in [0.1, 0.15) is 6.33 Å². The third kappa shape index (κ3) is 4.09. The lowest BCUT2D eigenvalue weighted by atomic mass is 10.1. The molecule has 0 saturated carbocycles. The highest BCUT2D eigenvalue weighted by Gasteiger charge is 2.25. The van der Waals surface area contributed by atoms with Gasteiger partial charge in [0.2, 0.25) is 5.75 Å². The molecule has 1 aliphatic heterocycles. The molecule has 1 amide bonds. The molecular weight excluding hydrogens is 400 g/mol. The minimum absolute atomic E-state index is 0.0829. The lowest BCUT2D eigenvalue weighted by molar-refractivity contribution is 0.0745. The Morgan fingerprint density at radius 2 is 1.55 bits per heavy atom. The van der Waals surface area contributed by atoms with E-state index in [0.717, 1.165) is 5.82 Å². The van der Waals surface area contributed by atoms with Gasteiger partial charge in [-0.15, -0.1) is 10.2 Å². The zero-order valence-electron chi connectivity index (χ0n) is 17.7. The van der Waals surface area contributed by atoms with Gasteiger partial charge >= 0.3 is 0 Å². The SMILES string of the molecule is COc1cc(C(=O)N2CCN(c3ccc(-n4ccnc4)nn3)CC2)cc(OC)c1OC. The first-order valence-corrected chi connectivity index (χ1v) is 9.81. The topological polar surface area (TPSA) is 94.8 Å². The van der Waals surface area contributed by atoms with Crippen LogP contribution in [0.2, 0.25) is 0 Å². The van der Waals surface area contributed by atoms with Crippen LogP contribution in [0.25, 0.3) is 5.82 Å². The van der Waals surface area contributed by atoms with Crippen molar-refractivity contribution in [1.82, 2.24) is 24.6 Å². The van der Waals surface area contributed by atoms with E-state index in [-0.39, 0.29) is 5.91 Å². The molecule has 4 rings (SSSR count). The Hall–Kier alpha value is -3.82. The molecule has 1 fully saturated rings. The van der Waals surface area contributed by atoms with Crippen molar-refractivity contribution in [3.8, 4) is 23.1 Å². The number of nitrogens with zero attached hydrogens (tertiary/aromatic N) is 6. The number of carbonyl (C=O) groups excluding carboxylic acids is 1. The van der Waals surface area contributed by atoms with Crippen molar-refractivity contribution >= 4 is 11.7 Å². The van der Waals surface area contributed by atoms with Crippen molar-refractivity contribution in [3.05, 3.63) is 48.5 Å². The third-order valence-electron chi connectivity index (χ3n) is 5.21. The average molecular weight is 424 g/mol. The van der Waals surface area contributed by atoms with Crippen molar-refractivity contribution in [1.29, 1.82) is 0 Å². The molecule has 0 radical (unpaired) electrons. The maximum absolute atomic E-state index is 13.1. The highest BCUT2D eigenvalue weighted by Crippen LogP contribution is 2.38. The molecule has 0 atom stereocenters. The van der Waals surface area contributed by atoms with Crippen LogP contribution >= 0.6 is 0 Å². The average Bonchev–Trinajstić information content (AvgIpc) is 3.38. The van der Waals surface area contributed by atoms with Crippen molar-refractivity contribution in [3.63, 3.8) is 0 Å². The Morgan fingerprint density at radius 1 is 0.903 bits per heavy atom. The Balaban J connectivity index is 1.43. The molecule has 162 valence electrons. The van der Waals surface area contributed by atoms with Gasteiger partial charge in [-0.1, -0.05) is 0 Å². The van der Waals surface area contributed by atoms with E-state index < -0.39 is 0 Å². The number of piperazine rings is 1. The molecule has 1 aliphatic rings. The zero-order valence-corrected chi connectivity index (χ0v) is 17.7. The molecule has 0 aliphatic carbocycles. The minimum Gasteiger partial charge on any atom is -0.493 e. The van der Waals surface area contributed by atoms with Gasteiger partial charge in [0, 0.05) is 44.1 Å². The molecule has 0 N–H and O–H groups in total. The van der Waals surface area contributed by atoms with Crippen LogP contribution in [-0.2, 0) is 0 Å². The Bertz CT molecular complexity index is 1010. The third-order valence-corrected chi connectivity index (χ3v) is 5.21. The van der Waals surface area contributed by atoms with Crippen molar-refractivity contribution in [2.75, 3.05) is 52.4 Å². The molecule has 3 aromatic rings. The van der Waals surface area contributed by atoms with E-state index >= 15 is 0 Å². The van der Waals surface area contributed by atoms with Gasteiger partial charge in [0.25, 0.3) is 5.91 Å². The van der Waals surface area contributed by atoms with E-state index in [0.29, 0.717) is 54.8 Å². The number of ether oxygens (including phenoxy) is 3. The summed E-state index contributed by atoms with van der Waals surface area (Å²) in [7, 11) is 4.60. The second-order valence-electron chi connectivity index (χ2n) is 6.91. The standard InChI is InChI=1S/C21H24N6O4/c1-29-16-12-15(13-17(30-2)20(16)31-3)21(28)26-10-8-25(9-11-26)18-4-5-19(24-23-18)27-7-6-22-14-27/h4-7,12-14H,8-11H2,1-3H3. The number of aromatic nitrogens is 4. The number of imidazole rings is 1. The van der Waals surface area contributed by atoms with Gasteiger partial charge in [0.05, 0.1) is 21.3 Å². The van der Waals surface area contributed by atoms with E-state index in [9.17, 15) is 4.79 Å². The van der Waals surface area contributed by atoms with Crippen LogP contribution in [0.4, 0.5) is 5.82 Å². The number of benzene rings is 1. The molecule has 3 heterocycles. The van der Waals surface area contributed by atoms with E-state index in [4.69, 9.17) is 14.2 Å². The number of hydrogen-bond acceptors (Lipinski definition) is 8. The highest BCUT2D eigenvalue weighted by molar-refractivity contribution is 5.95. The summed E-state index contributed by atoms with van der Waals surface area (Å²) in [6.07, 6.45) is 5.19. The van der Waals surface area contributed by atoms with Gasteiger partial charge in [0.15, 0.2) is 23.1 Å². The number of anilines is 1. The monoisotopic (exact) mass is 424 g/mol. The summed E-state index contributed by atoms with van der Waals surface area (Å²) in [5, 5.41) is 8.59. The first-order chi connectivity index (χ1) is 15.1. The van der Waals surface area contributed by atoms with Crippen LogP contribution in [0.15, 0.2) is 43.0 Å². The Morgan fingerprint density at radius 3 is 2.06 bits per heavy atom. The lowest BCUT2D eigenvalue weighted by Crippen LogP contribution is -2.49. The smallest absolute Gasteiger partial charge is 0.254 e. The summed E-state index contributed by atoms with van der Waals surface area (Å²) in [4.78, 5) is 21.0. The highest BCUT2D eigenvalue weighted by atomic mass is 16.5. The van der Waals surface area contributed by atoms with Gasteiger partial charge in [-0.25, -0.2) is 4.98 Å². The normalized spacial score (nSPS) is 13.8. The van der Waals surface area contributed by atoms with Crippen molar-refractivity contribution in [2.24, 2.45) is 0 Å². The van der Waals surface area contributed by atoms with Crippen LogP contribution in [0.3, 0.4) is 0 Å². The predicted molar refractivity (Wildman–Crippen MR) is 113 cm³/mol. The number of methoxy groups -OCH3 is 3. The fourth-order valence-corrected chi connectivity index (χ4v) is 3.54. The first-order valence-electron chi connectivity index (χ1n) is 9.81. The molecule has 10 heteroatoms. The van der Waals surface area contributed by atoms with Gasteiger partial charge in [-0.05, 0) is 24.3 Å². The van der Waals surface area contributed by atoms with Crippen molar-refractivity contribution < 1.29 is 19.0 Å². The van der Waals surface area contributed by atoms with Crippen LogP contribution in [0, 0.1) is 0 Å². The van der Waals surface area contributed by atoms with E-state index in [1.54, 1.807) is 29.2 Å². The first kappa shape index (κ1) is 20.5. The summed E-state index contributed by atoms with van der Waals surface area (Å²) >= 11 is 0. The Kier molecular flexibility index (Phi) is 5.87. The van der Waals surface area contributed by atoms with E-state index in [1.807, 2.05) is 23.2 Å². The number of carbonyl (C=O) groups is 1. The fraction of sp³-hybridized carbons (Fsp3) is 0.333. The molecule has 2 aromatic heterocycles. The van der Waals surface area contributed by atoms with Gasteiger partial charge in [-0.3, -0.25) is 9.36 Å². The number of hydrogen-bond donors (Lipinski definition) is 0. The van der Waals surface area contributed by atoms with Gasteiger partial charge < -0.3 is 24.0 Å². The molecule has 0 spiro atoms. The molecule has 31 heavy (non-hydrogen) atoms. The molecule has 1 aromatic carbocycles. The summed E-state index contributed by atoms with van der Waals surface area (Å²) in [5.41, 5.74) is 0.493. The molecular formula is C21H24N6O4. The van der Waals surface area contributed by atoms with Gasteiger partial charge in [-0.2, -0.15) is 0 Å². The van der Waals surface area contributed by atoms with Crippen LogP contribution < -0.4 is 19.1 Å². The molecule has 0 bridgehead atoms. The minimum atomic E-state index is -0.0829. The summed E-state index contributed by atoms with van der Waals surface area (Å²) < 4.78 is 17.9. The fourth-order valence-electron chi connectivity index (χ4n) is 3.54. The maximum atomic E-state index is 13.1. The number of amides is 1. The second-order valence-corrected chi connectivity index (χ2v) is 6.91. The van der Waals surface area contributed by atoms with Crippen LogP contribution in [0.1, 0.15) is 10.4 Å². The zero-order chi connectivity index (χ0) is 21.8. The summed E-state index contributed by atoms with van der Waals surface area (Å²) in [6, 6.07) is 7.18. The lowest BCUT2D eigenvalue weighted by Gasteiger charge is -2.35. The molecule has 10 nitrogen and oxygen atoms in total. The molecule has 0 unspecified atom stereocenters. The molecule has 1 saturated heterocycles.